The van der Waals surface area contributed by atoms with E-state index in [1.807, 2.05) is 0 Å². The number of hydrogen-bond donors (Lipinski definition) is 1. The molecule has 0 aliphatic rings. The molecule has 3 rings (SSSR count). The second kappa shape index (κ2) is 5.76. The fraction of sp³-hybridized carbons (Fsp3) is 0.188. The monoisotopic (exact) mass is 350 g/mol. The first-order chi connectivity index (χ1) is 11.7. The van der Waals surface area contributed by atoms with Crippen molar-refractivity contribution >= 4 is 23.3 Å². The van der Waals surface area contributed by atoms with E-state index in [0.717, 1.165) is 16.7 Å². The minimum Gasteiger partial charge on any atom is -0.333 e. The number of nitrogens with zero attached hydrogens (tertiary/aromatic N) is 3. The van der Waals surface area contributed by atoms with Crippen LogP contribution in [0.4, 0.5) is 13.2 Å². The van der Waals surface area contributed by atoms with Crippen LogP contribution in [0.2, 0.25) is 0 Å². The van der Waals surface area contributed by atoms with Gasteiger partial charge in [-0.25, -0.2) is 9.78 Å². The smallest absolute Gasteiger partial charge is 0.333 e. The maximum absolute atomic E-state index is 12.7. The van der Waals surface area contributed by atoms with Gasteiger partial charge in [0.05, 0.1) is 5.56 Å². The molecule has 0 bridgehead atoms. The van der Waals surface area contributed by atoms with Crippen molar-refractivity contribution < 1.29 is 13.2 Å². The van der Waals surface area contributed by atoms with Gasteiger partial charge in [0, 0.05) is 14.1 Å². The molecule has 0 aliphatic heterocycles. The lowest BCUT2D eigenvalue weighted by Gasteiger charge is -2.06. The molecule has 0 atom stereocenters. The number of hydrogen-bond acceptors (Lipinski definition) is 3. The molecule has 2 aromatic heterocycles. The molecule has 130 valence electrons. The van der Waals surface area contributed by atoms with Crippen molar-refractivity contribution in [2.24, 2.45) is 14.1 Å². The molecular weight excluding hydrogens is 337 g/mol. The normalized spacial score (nSPS) is 12.4. The van der Waals surface area contributed by atoms with Crippen LogP contribution >= 0.6 is 0 Å². The second-order valence-electron chi connectivity index (χ2n) is 5.48. The molecule has 6 nitrogen and oxygen atoms in total. The summed E-state index contributed by atoms with van der Waals surface area (Å²) in [6, 6.07) is 4.82. The van der Waals surface area contributed by atoms with E-state index < -0.39 is 23.0 Å². The van der Waals surface area contributed by atoms with Gasteiger partial charge in [0.2, 0.25) is 0 Å². The van der Waals surface area contributed by atoms with Gasteiger partial charge in [-0.15, -0.1) is 0 Å². The van der Waals surface area contributed by atoms with Gasteiger partial charge in [0.1, 0.15) is 11.3 Å². The molecule has 1 N–H and O–H groups in total. The lowest BCUT2D eigenvalue weighted by atomic mass is 10.1. The maximum atomic E-state index is 12.7. The lowest BCUT2D eigenvalue weighted by Crippen LogP contribution is -2.36. The average Bonchev–Trinajstić information content (AvgIpc) is 3.00. The van der Waals surface area contributed by atoms with Crippen LogP contribution < -0.4 is 11.2 Å². The number of alkyl halides is 3. The Labute approximate surface area is 138 Å². The van der Waals surface area contributed by atoms with E-state index in [0.29, 0.717) is 5.56 Å². The van der Waals surface area contributed by atoms with E-state index >= 15 is 0 Å². The molecule has 0 aliphatic carbocycles. The Bertz CT molecular complexity index is 1100. The third-order valence-electron chi connectivity index (χ3n) is 3.76. The number of H-pyrrole nitrogens is 1. The van der Waals surface area contributed by atoms with E-state index in [4.69, 9.17) is 0 Å². The SMILES string of the molecule is Cn1c(=O)c2[nH]c(/C=C/c3cccc(C(F)(F)F)c3)nc2n(C)c1=O. The van der Waals surface area contributed by atoms with Gasteiger partial charge in [-0.2, -0.15) is 13.2 Å². The van der Waals surface area contributed by atoms with Crippen molar-refractivity contribution in [2.75, 3.05) is 0 Å². The third kappa shape index (κ3) is 3.00. The predicted octanol–water partition coefficient (Wildman–Crippen LogP) is 2.15. The van der Waals surface area contributed by atoms with E-state index in [1.54, 1.807) is 0 Å². The minimum atomic E-state index is -4.42. The molecular formula is C16H13F3N4O2. The highest BCUT2D eigenvalue weighted by atomic mass is 19.4. The number of nitrogens with one attached hydrogen (secondary N) is 1. The number of rotatable bonds is 2. The van der Waals surface area contributed by atoms with Crippen LogP contribution in [-0.2, 0) is 20.3 Å². The first-order valence-corrected chi connectivity index (χ1v) is 7.19. The summed E-state index contributed by atoms with van der Waals surface area (Å²) in [6.45, 7) is 0. The zero-order valence-corrected chi connectivity index (χ0v) is 13.3. The van der Waals surface area contributed by atoms with Crippen molar-refractivity contribution in [3.63, 3.8) is 0 Å². The van der Waals surface area contributed by atoms with Gasteiger partial charge >= 0.3 is 11.9 Å². The van der Waals surface area contributed by atoms with Crippen LogP contribution in [0.15, 0.2) is 33.9 Å². The van der Waals surface area contributed by atoms with E-state index in [9.17, 15) is 22.8 Å². The molecule has 0 unspecified atom stereocenters. The van der Waals surface area contributed by atoms with Crippen LogP contribution in [0.1, 0.15) is 17.0 Å². The van der Waals surface area contributed by atoms with E-state index in [-0.39, 0.29) is 17.0 Å². The Kier molecular flexibility index (Phi) is 3.86. The fourth-order valence-electron chi connectivity index (χ4n) is 2.42. The Balaban J connectivity index is 2.03. The summed E-state index contributed by atoms with van der Waals surface area (Å²) >= 11 is 0. The van der Waals surface area contributed by atoms with Crippen LogP contribution in [0.5, 0.6) is 0 Å². The largest absolute Gasteiger partial charge is 0.416 e. The summed E-state index contributed by atoms with van der Waals surface area (Å²) in [5.74, 6) is 0.255. The van der Waals surface area contributed by atoms with Gasteiger partial charge in [-0.3, -0.25) is 13.9 Å². The molecule has 0 radical (unpaired) electrons. The number of aromatic amines is 1. The molecule has 25 heavy (non-hydrogen) atoms. The highest BCUT2D eigenvalue weighted by Gasteiger charge is 2.30. The van der Waals surface area contributed by atoms with Gasteiger partial charge in [-0.1, -0.05) is 18.2 Å². The molecule has 3 aromatic rings. The molecule has 1 aromatic carbocycles. The molecule has 2 heterocycles. The third-order valence-corrected chi connectivity index (χ3v) is 3.76. The van der Waals surface area contributed by atoms with Gasteiger partial charge in [0.15, 0.2) is 5.65 Å². The number of fused-ring (bicyclic) bond motifs is 1. The topological polar surface area (TPSA) is 72.7 Å². The van der Waals surface area contributed by atoms with Gasteiger partial charge in [0.25, 0.3) is 5.56 Å². The molecule has 0 spiro atoms. The molecule has 0 saturated carbocycles. The number of benzene rings is 1. The zero-order valence-electron chi connectivity index (χ0n) is 13.3. The lowest BCUT2D eigenvalue weighted by molar-refractivity contribution is -0.137. The summed E-state index contributed by atoms with van der Waals surface area (Å²) in [5.41, 5.74) is -1.14. The second-order valence-corrected chi connectivity index (χ2v) is 5.48. The van der Waals surface area contributed by atoms with Crippen molar-refractivity contribution in [1.82, 2.24) is 19.1 Å². The van der Waals surface area contributed by atoms with Crippen LogP contribution in [0.25, 0.3) is 23.3 Å². The Morgan fingerprint density at radius 3 is 2.52 bits per heavy atom. The number of aromatic nitrogens is 4. The highest BCUT2D eigenvalue weighted by Crippen LogP contribution is 2.29. The van der Waals surface area contributed by atoms with Crippen molar-refractivity contribution in [3.8, 4) is 0 Å². The van der Waals surface area contributed by atoms with Gasteiger partial charge < -0.3 is 4.98 Å². The van der Waals surface area contributed by atoms with Gasteiger partial charge in [-0.05, 0) is 23.8 Å². The highest BCUT2D eigenvalue weighted by molar-refractivity contribution is 5.75. The average molecular weight is 350 g/mol. The summed E-state index contributed by atoms with van der Waals surface area (Å²) in [5, 5.41) is 0. The van der Waals surface area contributed by atoms with Crippen LogP contribution in [0, 0.1) is 0 Å². The molecule has 0 fully saturated rings. The Morgan fingerprint density at radius 1 is 1.12 bits per heavy atom. The van der Waals surface area contributed by atoms with Crippen molar-refractivity contribution in [1.29, 1.82) is 0 Å². The summed E-state index contributed by atoms with van der Waals surface area (Å²) in [6.07, 6.45) is -1.54. The fourth-order valence-corrected chi connectivity index (χ4v) is 2.42. The Morgan fingerprint density at radius 2 is 1.84 bits per heavy atom. The number of aryl methyl sites for hydroxylation is 1. The van der Waals surface area contributed by atoms with Crippen molar-refractivity contribution in [2.45, 2.75) is 6.18 Å². The zero-order chi connectivity index (χ0) is 18.4. The van der Waals surface area contributed by atoms with Crippen LogP contribution in [0.3, 0.4) is 0 Å². The number of halogens is 3. The molecule has 0 saturated heterocycles. The van der Waals surface area contributed by atoms with Crippen molar-refractivity contribution in [3.05, 3.63) is 62.1 Å². The first kappa shape index (κ1) is 16.7. The van der Waals surface area contributed by atoms with Crippen LogP contribution in [-0.4, -0.2) is 19.1 Å². The standard InChI is InChI=1S/C16H13F3N4O2/c1-22-13-12(14(24)23(2)15(22)25)20-11(21-13)7-6-9-4-3-5-10(8-9)16(17,18)19/h3-8H,1-2H3,(H,20,21)/b7-6+. The Hall–Kier alpha value is -3.10. The summed E-state index contributed by atoms with van der Waals surface area (Å²) in [4.78, 5) is 30.9. The van der Waals surface area contributed by atoms with E-state index in [1.165, 1.54) is 42.9 Å². The minimum absolute atomic E-state index is 0.147. The van der Waals surface area contributed by atoms with E-state index in [2.05, 4.69) is 9.97 Å². The predicted molar refractivity (Wildman–Crippen MR) is 86.9 cm³/mol. The molecule has 9 heteroatoms. The maximum Gasteiger partial charge on any atom is 0.416 e. The first-order valence-electron chi connectivity index (χ1n) is 7.19. The summed E-state index contributed by atoms with van der Waals surface area (Å²) < 4.78 is 40.3. The molecule has 0 amide bonds. The quantitative estimate of drug-likeness (QED) is 0.770. The summed E-state index contributed by atoms with van der Waals surface area (Å²) in [7, 11) is 2.83. The number of imidazole rings is 1.